The second-order valence-corrected chi connectivity index (χ2v) is 8.34. The number of amides is 2. The minimum Gasteiger partial charge on any atom is -0.497 e. The summed E-state index contributed by atoms with van der Waals surface area (Å²) in [5, 5.41) is 15.8. The zero-order valence-corrected chi connectivity index (χ0v) is 20.1. The first-order valence-corrected chi connectivity index (χ1v) is 11.6. The number of furan rings is 1. The number of nitro benzene ring substituents is 1. The normalized spacial score (nSPS) is 14.6. The van der Waals surface area contributed by atoms with E-state index in [-0.39, 0.29) is 18.3 Å². The van der Waals surface area contributed by atoms with Gasteiger partial charge in [0.15, 0.2) is 0 Å². The van der Waals surface area contributed by atoms with Gasteiger partial charge < -0.3 is 24.7 Å². The Hall–Kier alpha value is -4.45. The highest BCUT2D eigenvalue weighted by molar-refractivity contribution is 6.39. The van der Waals surface area contributed by atoms with Crippen LogP contribution in [-0.4, -0.2) is 61.5 Å². The SMILES string of the molecule is COc1ccc(N2CCN(C(CNC(=O)C(=O)Nc3ccc(F)c([N+](=O)[O-])c3)c3ccco3)CC2)cc1. The molecule has 4 rings (SSSR count). The summed E-state index contributed by atoms with van der Waals surface area (Å²) in [4.78, 5) is 39.3. The van der Waals surface area contributed by atoms with Crippen molar-refractivity contribution in [2.75, 3.05) is 50.1 Å². The lowest BCUT2D eigenvalue weighted by atomic mass is 10.1. The number of piperazine rings is 1. The van der Waals surface area contributed by atoms with Crippen LogP contribution < -0.4 is 20.3 Å². The van der Waals surface area contributed by atoms with Crippen molar-refractivity contribution in [1.29, 1.82) is 0 Å². The molecule has 1 aliphatic rings. The van der Waals surface area contributed by atoms with Crippen LogP contribution in [0, 0.1) is 15.9 Å². The zero-order valence-electron chi connectivity index (χ0n) is 20.1. The van der Waals surface area contributed by atoms with Gasteiger partial charge in [0.25, 0.3) is 0 Å². The molecule has 0 bridgehead atoms. The second kappa shape index (κ2) is 11.5. The fraction of sp³-hybridized carbons (Fsp3) is 0.280. The lowest BCUT2D eigenvalue weighted by molar-refractivity contribution is -0.387. The molecule has 2 N–H and O–H groups in total. The van der Waals surface area contributed by atoms with Gasteiger partial charge >= 0.3 is 17.5 Å². The van der Waals surface area contributed by atoms with Crippen molar-refractivity contribution < 1.29 is 28.1 Å². The van der Waals surface area contributed by atoms with Crippen molar-refractivity contribution in [2.24, 2.45) is 0 Å². The van der Waals surface area contributed by atoms with Gasteiger partial charge in [-0.15, -0.1) is 0 Å². The van der Waals surface area contributed by atoms with Crippen LogP contribution in [0.3, 0.4) is 0 Å². The Morgan fingerprint density at radius 1 is 1.11 bits per heavy atom. The van der Waals surface area contributed by atoms with Gasteiger partial charge in [0.05, 0.1) is 24.3 Å². The maximum atomic E-state index is 13.5. The number of nitrogens with one attached hydrogen (secondary N) is 2. The van der Waals surface area contributed by atoms with Gasteiger partial charge in [-0.25, -0.2) is 0 Å². The summed E-state index contributed by atoms with van der Waals surface area (Å²) in [5.41, 5.74) is 0.219. The van der Waals surface area contributed by atoms with Crippen LogP contribution >= 0.6 is 0 Å². The maximum absolute atomic E-state index is 13.5. The highest BCUT2D eigenvalue weighted by Crippen LogP contribution is 2.26. The van der Waals surface area contributed by atoms with Crippen molar-refractivity contribution in [3.63, 3.8) is 0 Å². The van der Waals surface area contributed by atoms with E-state index in [1.54, 1.807) is 19.4 Å². The Bertz CT molecular complexity index is 1240. The van der Waals surface area contributed by atoms with E-state index in [9.17, 15) is 24.1 Å². The first-order chi connectivity index (χ1) is 17.9. The average molecular weight is 512 g/mol. The van der Waals surface area contributed by atoms with Gasteiger partial charge in [0, 0.05) is 50.2 Å². The van der Waals surface area contributed by atoms with E-state index in [0.717, 1.165) is 42.7 Å². The number of halogens is 1. The molecule has 2 amide bonds. The van der Waals surface area contributed by atoms with Crippen molar-refractivity contribution in [1.82, 2.24) is 10.2 Å². The minimum atomic E-state index is -1.04. The van der Waals surface area contributed by atoms with E-state index >= 15 is 0 Å². The summed E-state index contributed by atoms with van der Waals surface area (Å²) in [6.45, 7) is 2.99. The molecule has 0 saturated carbocycles. The van der Waals surface area contributed by atoms with E-state index in [0.29, 0.717) is 18.8 Å². The fourth-order valence-corrected chi connectivity index (χ4v) is 4.16. The Morgan fingerprint density at radius 2 is 1.84 bits per heavy atom. The molecule has 11 nitrogen and oxygen atoms in total. The van der Waals surface area contributed by atoms with Crippen molar-refractivity contribution >= 4 is 28.9 Å². The van der Waals surface area contributed by atoms with Crippen molar-refractivity contribution in [2.45, 2.75) is 6.04 Å². The molecule has 1 saturated heterocycles. The van der Waals surface area contributed by atoms with E-state index in [1.165, 1.54) is 0 Å². The Morgan fingerprint density at radius 3 is 2.46 bits per heavy atom. The van der Waals surface area contributed by atoms with Gasteiger partial charge in [-0.2, -0.15) is 4.39 Å². The van der Waals surface area contributed by atoms with E-state index < -0.39 is 28.2 Å². The minimum absolute atomic E-state index is 0.0644. The smallest absolute Gasteiger partial charge is 0.313 e. The third kappa shape index (κ3) is 6.22. The largest absolute Gasteiger partial charge is 0.497 e. The number of carbonyl (C=O) groups is 2. The van der Waals surface area contributed by atoms with Gasteiger partial charge in [-0.1, -0.05) is 0 Å². The monoisotopic (exact) mass is 511 g/mol. The summed E-state index contributed by atoms with van der Waals surface area (Å²) in [7, 11) is 1.62. The van der Waals surface area contributed by atoms with E-state index in [4.69, 9.17) is 9.15 Å². The van der Waals surface area contributed by atoms with Gasteiger partial charge in [0.1, 0.15) is 11.5 Å². The Balaban J connectivity index is 1.36. The number of anilines is 2. The standard InChI is InChI=1S/C25H26FN5O6/c1-36-19-7-5-18(6-8-19)29-10-12-30(13-11-29)22(23-3-2-14-37-23)16-27-24(32)25(33)28-17-4-9-20(26)21(15-17)31(34)35/h2-9,14-15,22H,10-13,16H2,1H3,(H,27,32)(H,28,33). The van der Waals surface area contributed by atoms with Crippen LogP contribution in [0.2, 0.25) is 0 Å². The number of methoxy groups -OCH3 is 1. The van der Waals surface area contributed by atoms with Crippen LogP contribution in [0.1, 0.15) is 11.8 Å². The van der Waals surface area contributed by atoms with E-state index in [2.05, 4.69) is 20.4 Å². The predicted molar refractivity (Wildman–Crippen MR) is 133 cm³/mol. The van der Waals surface area contributed by atoms with Crippen LogP contribution in [0.4, 0.5) is 21.5 Å². The van der Waals surface area contributed by atoms with Crippen molar-refractivity contribution in [3.05, 3.63) is 82.6 Å². The average Bonchev–Trinajstić information content (AvgIpc) is 3.45. The third-order valence-electron chi connectivity index (χ3n) is 6.13. The molecule has 37 heavy (non-hydrogen) atoms. The summed E-state index contributed by atoms with van der Waals surface area (Å²) in [5.74, 6) is -1.56. The number of hydrogen-bond donors (Lipinski definition) is 2. The summed E-state index contributed by atoms with van der Waals surface area (Å²) < 4.78 is 24.4. The molecule has 1 atom stereocenters. The fourth-order valence-electron chi connectivity index (χ4n) is 4.16. The molecule has 0 aliphatic carbocycles. The van der Waals surface area contributed by atoms with E-state index in [1.807, 2.05) is 30.3 Å². The Kier molecular flexibility index (Phi) is 7.98. The lowest BCUT2D eigenvalue weighted by Crippen LogP contribution is -2.50. The molecule has 1 aliphatic heterocycles. The highest BCUT2D eigenvalue weighted by atomic mass is 19.1. The summed E-state index contributed by atoms with van der Waals surface area (Å²) in [6.07, 6.45) is 1.55. The number of rotatable bonds is 8. The molecule has 1 unspecified atom stereocenters. The molecule has 2 heterocycles. The molecule has 2 aromatic carbocycles. The number of nitro groups is 1. The first-order valence-electron chi connectivity index (χ1n) is 11.6. The molecular formula is C25H26FN5O6. The zero-order chi connectivity index (χ0) is 26.4. The first kappa shape index (κ1) is 25.6. The van der Waals surface area contributed by atoms with Crippen LogP contribution in [-0.2, 0) is 9.59 Å². The number of benzene rings is 2. The summed E-state index contributed by atoms with van der Waals surface area (Å²) in [6, 6.07) is 13.9. The molecule has 0 radical (unpaired) electrons. The van der Waals surface area contributed by atoms with Crippen LogP contribution in [0.5, 0.6) is 5.75 Å². The second-order valence-electron chi connectivity index (χ2n) is 8.34. The molecule has 12 heteroatoms. The lowest BCUT2D eigenvalue weighted by Gasteiger charge is -2.39. The van der Waals surface area contributed by atoms with Gasteiger partial charge in [-0.3, -0.25) is 24.6 Å². The maximum Gasteiger partial charge on any atom is 0.313 e. The molecule has 1 aromatic heterocycles. The van der Waals surface area contributed by atoms with Crippen LogP contribution in [0.25, 0.3) is 0 Å². The predicted octanol–water partition coefficient (Wildman–Crippen LogP) is 2.95. The third-order valence-corrected chi connectivity index (χ3v) is 6.13. The molecule has 1 fully saturated rings. The topological polar surface area (TPSA) is 130 Å². The number of carbonyl (C=O) groups excluding carboxylic acids is 2. The summed E-state index contributed by atoms with van der Waals surface area (Å²) >= 11 is 0. The van der Waals surface area contributed by atoms with Gasteiger partial charge in [0.2, 0.25) is 5.82 Å². The Labute approximate surface area is 211 Å². The molecule has 3 aromatic rings. The highest BCUT2D eigenvalue weighted by Gasteiger charge is 2.28. The number of hydrogen-bond acceptors (Lipinski definition) is 8. The van der Waals surface area contributed by atoms with Crippen molar-refractivity contribution in [3.8, 4) is 5.75 Å². The number of ether oxygens (including phenoxy) is 1. The molecular weight excluding hydrogens is 485 g/mol. The number of nitrogens with zero attached hydrogens (tertiary/aromatic N) is 3. The quantitative estimate of drug-likeness (QED) is 0.268. The molecule has 194 valence electrons. The van der Waals surface area contributed by atoms with Gasteiger partial charge in [-0.05, 0) is 48.5 Å². The molecule has 0 spiro atoms. The van der Waals surface area contributed by atoms with Crippen LogP contribution in [0.15, 0.2) is 65.3 Å².